The van der Waals surface area contributed by atoms with E-state index in [1.165, 1.54) is 4.88 Å². The molecule has 1 saturated heterocycles. The SMILES string of the molecule is O=C(CCc1cccs1)N1CCN(C(=O)c2ccc3c(c2)OCO3)CC1. The quantitative estimate of drug-likeness (QED) is 0.827. The van der Waals surface area contributed by atoms with E-state index >= 15 is 0 Å². The molecule has 2 aliphatic heterocycles. The maximum atomic E-state index is 12.7. The summed E-state index contributed by atoms with van der Waals surface area (Å²) >= 11 is 1.68. The fourth-order valence-electron chi connectivity index (χ4n) is 3.21. The van der Waals surface area contributed by atoms with Gasteiger partial charge in [0.2, 0.25) is 12.7 Å². The van der Waals surface area contributed by atoms with Crippen LogP contribution in [0.2, 0.25) is 0 Å². The number of ether oxygens (including phenoxy) is 2. The molecule has 0 saturated carbocycles. The zero-order valence-corrected chi connectivity index (χ0v) is 15.2. The highest BCUT2D eigenvalue weighted by molar-refractivity contribution is 7.09. The molecule has 0 bridgehead atoms. The zero-order valence-electron chi connectivity index (χ0n) is 14.3. The topological polar surface area (TPSA) is 59.1 Å². The van der Waals surface area contributed by atoms with Crippen LogP contribution in [0.25, 0.3) is 0 Å². The standard InChI is InChI=1S/C19H20N2O4S/c22-18(6-4-15-2-1-11-26-15)20-7-9-21(10-8-20)19(23)14-3-5-16-17(12-14)25-13-24-16/h1-3,5,11-12H,4,6-10,13H2. The molecule has 1 aromatic carbocycles. The Bertz CT molecular complexity index is 798. The van der Waals surface area contributed by atoms with Gasteiger partial charge in [-0.1, -0.05) is 6.07 Å². The lowest BCUT2D eigenvalue weighted by Crippen LogP contribution is -2.50. The first-order valence-electron chi connectivity index (χ1n) is 8.70. The normalized spacial score (nSPS) is 16.0. The minimum Gasteiger partial charge on any atom is -0.454 e. The Morgan fingerprint density at radius 2 is 1.77 bits per heavy atom. The first kappa shape index (κ1) is 16.9. The van der Waals surface area contributed by atoms with E-state index in [0.29, 0.717) is 49.7 Å². The predicted molar refractivity (Wildman–Crippen MR) is 97.7 cm³/mol. The molecule has 4 rings (SSSR count). The van der Waals surface area contributed by atoms with Crippen LogP contribution in [0.5, 0.6) is 11.5 Å². The summed E-state index contributed by atoms with van der Waals surface area (Å²) in [6, 6.07) is 9.31. The van der Waals surface area contributed by atoms with Crippen molar-refractivity contribution in [1.29, 1.82) is 0 Å². The summed E-state index contributed by atoms with van der Waals surface area (Å²) in [7, 11) is 0. The maximum absolute atomic E-state index is 12.7. The molecule has 2 amide bonds. The van der Waals surface area contributed by atoms with E-state index in [0.717, 1.165) is 6.42 Å². The van der Waals surface area contributed by atoms with Crippen LogP contribution in [-0.2, 0) is 11.2 Å². The van der Waals surface area contributed by atoms with Gasteiger partial charge in [0.15, 0.2) is 11.5 Å². The predicted octanol–water partition coefficient (Wildman–Crippen LogP) is 2.39. The third-order valence-corrected chi connectivity index (χ3v) is 5.64. The third-order valence-electron chi connectivity index (χ3n) is 4.70. The second kappa shape index (κ2) is 7.37. The molecule has 2 aliphatic rings. The Hall–Kier alpha value is -2.54. The smallest absolute Gasteiger partial charge is 0.254 e. The Kier molecular flexibility index (Phi) is 4.79. The van der Waals surface area contributed by atoms with E-state index in [1.807, 2.05) is 16.3 Å². The van der Waals surface area contributed by atoms with Gasteiger partial charge in [-0.2, -0.15) is 0 Å². The van der Waals surface area contributed by atoms with Gasteiger partial charge in [-0.15, -0.1) is 11.3 Å². The molecule has 1 fully saturated rings. The van der Waals surface area contributed by atoms with Crippen molar-refractivity contribution in [3.8, 4) is 11.5 Å². The highest BCUT2D eigenvalue weighted by atomic mass is 32.1. The molecular weight excluding hydrogens is 352 g/mol. The Morgan fingerprint density at radius 1 is 1.00 bits per heavy atom. The van der Waals surface area contributed by atoms with Crippen molar-refractivity contribution in [2.75, 3.05) is 33.0 Å². The second-order valence-electron chi connectivity index (χ2n) is 6.32. The van der Waals surface area contributed by atoms with Gasteiger partial charge < -0.3 is 19.3 Å². The molecule has 2 aromatic rings. The summed E-state index contributed by atoms with van der Waals surface area (Å²) in [5.74, 6) is 1.41. The number of rotatable bonds is 4. The summed E-state index contributed by atoms with van der Waals surface area (Å²) in [4.78, 5) is 29.9. The lowest BCUT2D eigenvalue weighted by atomic mass is 10.1. The number of nitrogens with zero attached hydrogens (tertiary/aromatic N) is 2. The Labute approximate surface area is 155 Å². The van der Waals surface area contributed by atoms with Gasteiger partial charge in [0.05, 0.1) is 0 Å². The summed E-state index contributed by atoms with van der Waals surface area (Å²) in [5.41, 5.74) is 0.590. The summed E-state index contributed by atoms with van der Waals surface area (Å²) in [6.07, 6.45) is 1.31. The van der Waals surface area contributed by atoms with Crippen molar-refractivity contribution in [2.45, 2.75) is 12.8 Å². The molecule has 26 heavy (non-hydrogen) atoms. The lowest BCUT2D eigenvalue weighted by molar-refractivity contribution is -0.132. The van der Waals surface area contributed by atoms with Gasteiger partial charge in [-0.05, 0) is 36.1 Å². The average Bonchev–Trinajstić information content (AvgIpc) is 3.36. The number of carbonyl (C=O) groups excluding carboxylic acids is 2. The van der Waals surface area contributed by atoms with Crippen LogP contribution in [0.15, 0.2) is 35.7 Å². The summed E-state index contributed by atoms with van der Waals surface area (Å²) < 4.78 is 10.6. The van der Waals surface area contributed by atoms with Gasteiger partial charge in [0.1, 0.15) is 0 Å². The Balaban J connectivity index is 1.30. The van der Waals surface area contributed by atoms with Crippen molar-refractivity contribution in [1.82, 2.24) is 9.80 Å². The number of aryl methyl sites for hydroxylation is 1. The van der Waals surface area contributed by atoms with E-state index < -0.39 is 0 Å². The zero-order chi connectivity index (χ0) is 17.9. The first-order chi connectivity index (χ1) is 12.7. The van der Waals surface area contributed by atoms with E-state index in [2.05, 4.69) is 6.07 Å². The summed E-state index contributed by atoms with van der Waals surface area (Å²) in [5, 5.41) is 2.03. The highest BCUT2D eigenvalue weighted by Gasteiger charge is 2.26. The number of piperazine rings is 1. The van der Waals surface area contributed by atoms with Crippen molar-refractivity contribution in [3.63, 3.8) is 0 Å². The van der Waals surface area contributed by atoms with Crippen LogP contribution in [-0.4, -0.2) is 54.6 Å². The number of amides is 2. The van der Waals surface area contributed by atoms with Gasteiger partial charge >= 0.3 is 0 Å². The van der Waals surface area contributed by atoms with Crippen LogP contribution < -0.4 is 9.47 Å². The molecule has 0 aliphatic carbocycles. The average molecular weight is 372 g/mol. The molecule has 0 spiro atoms. The number of fused-ring (bicyclic) bond motifs is 1. The highest BCUT2D eigenvalue weighted by Crippen LogP contribution is 2.32. The van der Waals surface area contributed by atoms with Gasteiger partial charge in [0.25, 0.3) is 5.91 Å². The Morgan fingerprint density at radius 3 is 2.54 bits per heavy atom. The van der Waals surface area contributed by atoms with Crippen molar-refractivity contribution in [3.05, 3.63) is 46.2 Å². The van der Waals surface area contributed by atoms with Crippen molar-refractivity contribution < 1.29 is 19.1 Å². The van der Waals surface area contributed by atoms with Gasteiger partial charge in [-0.3, -0.25) is 9.59 Å². The van der Waals surface area contributed by atoms with Gasteiger partial charge in [-0.25, -0.2) is 0 Å². The molecule has 7 heteroatoms. The molecular formula is C19H20N2O4S. The van der Waals surface area contributed by atoms with Crippen molar-refractivity contribution in [2.24, 2.45) is 0 Å². The van der Waals surface area contributed by atoms with Crippen LogP contribution in [0.3, 0.4) is 0 Å². The second-order valence-corrected chi connectivity index (χ2v) is 7.35. The molecule has 0 atom stereocenters. The number of thiophene rings is 1. The van der Waals surface area contributed by atoms with Crippen LogP contribution in [0, 0.1) is 0 Å². The van der Waals surface area contributed by atoms with Gasteiger partial charge in [0, 0.05) is 43.0 Å². The van der Waals surface area contributed by atoms with E-state index in [9.17, 15) is 9.59 Å². The number of hydrogen-bond acceptors (Lipinski definition) is 5. The number of hydrogen-bond donors (Lipinski definition) is 0. The lowest BCUT2D eigenvalue weighted by Gasteiger charge is -2.35. The minimum atomic E-state index is -0.0333. The van der Waals surface area contributed by atoms with Crippen molar-refractivity contribution >= 4 is 23.2 Å². The fraction of sp³-hybridized carbons (Fsp3) is 0.368. The monoisotopic (exact) mass is 372 g/mol. The number of benzene rings is 1. The van der Waals surface area contributed by atoms with Crippen LogP contribution >= 0.6 is 11.3 Å². The van der Waals surface area contributed by atoms with E-state index in [-0.39, 0.29) is 18.6 Å². The van der Waals surface area contributed by atoms with E-state index in [4.69, 9.17) is 9.47 Å². The molecule has 1 aromatic heterocycles. The van der Waals surface area contributed by atoms with E-state index in [1.54, 1.807) is 34.4 Å². The molecule has 3 heterocycles. The minimum absolute atomic E-state index is 0.0333. The van der Waals surface area contributed by atoms with Crippen LogP contribution in [0.4, 0.5) is 0 Å². The molecule has 0 radical (unpaired) electrons. The molecule has 6 nitrogen and oxygen atoms in total. The van der Waals surface area contributed by atoms with Crippen LogP contribution in [0.1, 0.15) is 21.7 Å². The molecule has 0 unspecified atom stereocenters. The molecule has 136 valence electrons. The molecule has 0 N–H and O–H groups in total. The maximum Gasteiger partial charge on any atom is 0.254 e. The third kappa shape index (κ3) is 3.53. The summed E-state index contributed by atoms with van der Waals surface area (Å²) in [6.45, 7) is 2.47. The first-order valence-corrected chi connectivity index (χ1v) is 9.58. The fourth-order valence-corrected chi connectivity index (χ4v) is 3.92. The number of carbonyl (C=O) groups is 2. The largest absolute Gasteiger partial charge is 0.454 e.